The zero-order valence-electron chi connectivity index (χ0n) is 18.9. The molecule has 1 aliphatic rings. The minimum atomic E-state index is -0.984. The van der Waals surface area contributed by atoms with Gasteiger partial charge in [-0.15, -0.1) is 0 Å². The zero-order chi connectivity index (χ0) is 24.9. The van der Waals surface area contributed by atoms with Crippen LogP contribution in [0, 0.1) is 5.82 Å². The molecule has 9 heteroatoms. The average molecular weight is 493 g/mol. The lowest BCUT2D eigenvalue weighted by atomic mass is 10.1. The van der Waals surface area contributed by atoms with Crippen molar-refractivity contribution in [3.05, 3.63) is 94.1 Å². The van der Waals surface area contributed by atoms with Crippen LogP contribution in [-0.2, 0) is 11.4 Å². The van der Waals surface area contributed by atoms with Gasteiger partial charge in [0, 0.05) is 7.05 Å². The second kappa shape index (κ2) is 10.4. The summed E-state index contributed by atoms with van der Waals surface area (Å²) in [5.74, 6) is -0.526. The minimum absolute atomic E-state index is 0.194. The Bertz CT molecular complexity index is 1320. The molecule has 1 saturated heterocycles. The van der Waals surface area contributed by atoms with Gasteiger partial charge in [0.1, 0.15) is 12.4 Å². The maximum Gasteiger partial charge on any atom is 0.335 e. The first kappa shape index (κ1) is 24.0. The van der Waals surface area contributed by atoms with E-state index in [2.05, 4.69) is 4.99 Å². The number of hydrogen-bond acceptors (Lipinski definition) is 6. The molecule has 0 spiro atoms. The van der Waals surface area contributed by atoms with Crippen molar-refractivity contribution in [3.8, 4) is 11.5 Å². The molecule has 1 amide bonds. The van der Waals surface area contributed by atoms with Gasteiger partial charge in [-0.25, -0.2) is 14.2 Å². The van der Waals surface area contributed by atoms with Crippen LogP contribution >= 0.6 is 11.8 Å². The molecule has 0 atom stereocenters. The van der Waals surface area contributed by atoms with Crippen LogP contribution in [-0.4, -0.2) is 41.2 Å². The Labute approximate surface area is 205 Å². The summed E-state index contributed by atoms with van der Waals surface area (Å²) < 4.78 is 24.5. The fraction of sp³-hybridized carbons (Fsp3) is 0.115. The van der Waals surface area contributed by atoms with Crippen LogP contribution in [0.3, 0.4) is 0 Å². The fourth-order valence-electron chi connectivity index (χ4n) is 3.23. The van der Waals surface area contributed by atoms with Gasteiger partial charge in [0.2, 0.25) is 0 Å². The maximum atomic E-state index is 13.1. The molecule has 1 heterocycles. The number of aliphatic imine (C=N–C) groups is 1. The third-order valence-corrected chi connectivity index (χ3v) is 6.20. The molecule has 178 valence electrons. The molecule has 35 heavy (non-hydrogen) atoms. The first-order valence-corrected chi connectivity index (χ1v) is 11.3. The van der Waals surface area contributed by atoms with Crippen molar-refractivity contribution in [2.24, 2.45) is 4.99 Å². The molecule has 0 bridgehead atoms. The highest BCUT2D eigenvalue weighted by atomic mass is 32.2. The number of methoxy groups -OCH3 is 1. The number of carboxylic acids is 1. The summed E-state index contributed by atoms with van der Waals surface area (Å²) in [6, 6.07) is 17.5. The van der Waals surface area contributed by atoms with Gasteiger partial charge >= 0.3 is 5.97 Å². The van der Waals surface area contributed by atoms with E-state index in [1.54, 1.807) is 55.6 Å². The van der Waals surface area contributed by atoms with Gasteiger partial charge in [-0.3, -0.25) is 9.69 Å². The number of likely N-dealkylation sites (N-methyl/N-ethyl adjacent to an activating group) is 1. The van der Waals surface area contributed by atoms with Crippen molar-refractivity contribution >= 4 is 40.6 Å². The molecule has 0 unspecified atom stereocenters. The van der Waals surface area contributed by atoms with E-state index in [0.29, 0.717) is 27.3 Å². The largest absolute Gasteiger partial charge is 0.493 e. The van der Waals surface area contributed by atoms with Gasteiger partial charge in [0.15, 0.2) is 16.7 Å². The summed E-state index contributed by atoms with van der Waals surface area (Å²) in [7, 11) is 3.16. The summed E-state index contributed by atoms with van der Waals surface area (Å²) in [6.07, 6.45) is 1.74. The molecule has 4 rings (SSSR count). The number of nitrogens with zero attached hydrogens (tertiary/aromatic N) is 2. The SMILES string of the molecule is COc1cc(/C=C2\SC(=Nc3ccc(F)cc3)N(C)C2=O)ccc1OCc1ccc(C(=O)O)cc1. The van der Waals surface area contributed by atoms with Gasteiger partial charge in [-0.1, -0.05) is 18.2 Å². The summed E-state index contributed by atoms with van der Waals surface area (Å²) in [5, 5.41) is 9.50. The van der Waals surface area contributed by atoms with E-state index in [1.165, 1.54) is 48.0 Å². The van der Waals surface area contributed by atoms with Crippen LogP contribution in [0.15, 0.2) is 76.6 Å². The molecule has 0 saturated carbocycles. The number of ether oxygens (including phenoxy) is 2. The van der Waals surface area contributed by atoms with Crippen molar-refractivity contribution in [1.82, 2.24) is 4.90 Å². The first-order valence-electron chi connectivity index (χ1n) is 10.5. The monoisotopic (exact) mass is 492 g/mol. The number of aromatic carboxylic acids is 1. The average Bonchev–Trinajstić information content (AvgIpc) is 3.12. The smallest absolute Gasteiger partial charge is 0.335 e. The Morgan fingerprint density at radius 1 is 1.09 bits per heavy atom. The number of halogens is 1. The molecule has 1 aliphatic heterocycles. The fourth-order valence-corrected chi connectivity index (χ4v) is 4.21. The molecule has 0 aliphatic carbocycles. The van der Waals surface area contributed by atoms with Crippen LogP contribution in [0.2, 0.25) is 0 Å². The van der Waals surface area contributed by atoms with E-state index in [0.717, 1.165) is 11.1 Å². The molecule has 3 aromatic rings. The predicted molar refractivity (Wildman–Crippen MR) is 133 cm³/mol. The van der Waals surface area contributed by atoms with E-state index in [4.69, 9.17) is 14.6 Å². The van der Waals surface area contributed by atoms with Crippen molar-refractivity contribution < 1.29 is 28.6 Å². The van der Waals surface area contributed by atoms with Crippen LogP contribution in [0.1, 0.15) is 21.5 Å². The Morgan fingerprint density at radius 3 is 2.46 bits per heavy atom. The quantitative estimate of drug-likeness (QED) is 0.448. The van der Waals surface area contributed by atoms with E-state index in [1.807, 2.05) is 0 Å². The Morgan fingerprint density at radius 2 is 1.80 bits per heavy atom. The number of hydrogen-bond donors (Lipinski definition) is 1. The van der Waals surface area contributed by atoms with E-state index in [9.17, 15) is 14.0 Å². The van der Waals surface area contributed by atoms with Crippen LogP contribution < -0.4 is 9.47 Å². The standard InChI is InChI=1S/C26H21FN2O5S/c1-29-24(30)23(35-26(29)28-20-10-8-19(27)9-11-20)14-17-5-12-21(22(13-17)33-2)34-15-16-3-6-18(7-4-16)25(31)32/h3-14H,15H2,1-2H3,(H,31,32)/b23-14-,28-26?. The van der Waals surface area contributed by atoms with Crippen molar-refractivity contribution in [2.75, 3.05) is 14.2 Å². The lowest BCUT2D eigenvalue weighted by Gasteiger charge is -2.12. The first-order chi connectivity index (χ1) is 16.8. The normalized spacial score (nSPS) is 15.6. The highest BCUT2D eigenvalue weighted by Crippen LogP contribution is 2.35. The molecular formula is C26H21FN2O5S. The number of benzene rings is 3. The Hall–Kier alpha value is -4.11. The second-order valence-corrected chi connectivity index (χ2v) is 8.56. The number of amides is 1. The maximum absolute atomic E-state index is 13.1. The Kier molecular flexibility index (Phi) is 7.17. The van der Waals surface area contributed by atoms with E-state index >= 15 is 0 Å². The summed E-state index contributed by atoms with van der Waals surface area (Å²) in [5.41, 5.74) is 2.31. The van der Waals surface area contributed by atoms with Crippen LogP contribution in [0.5, 0.6) is 11.5 Å². The number of carboxylic acid groups (broad SMARTS) is 1. The number of rotatable bonds is 7. The van der Waals surface area contributed by atoms with Gasteiger partial charge in [0.25, 0.3) is 5.91 Å². The van der Waals surface area contributed by atoms with Gasteiger partial charge in [0.05, 0.1) is 23.3 Å². The molecule has 7 nitrogen and oxygen atoms in total. The number of carbonyl (C=O) groups is 2. The highest BCUT2D eigenvalue weighted by Gasteiger charge is 2.30. The van der Waals surface area contributed by atoms with Crippen molar-refractivity contribution in [2.45, 2.75) is 6.61 Å². The lowest BCUT2D eigenvalue weighted by molar-refractivity contribution is -0.121. The number of thioether (sulfide) groups is 1. The third kappa shape index (κ3) is 5.70. The third-order valence-electron chi connectivity index (χ3n) is 5.14. The number of amidine groups is 1. The minimum Gasteiger partial charge on any atom is -0.493 e. The topological polar surface area (TPSA) is 88.4 Å². The van der Waals surface area contributed by atoms with Gasteiger partial charge < -0.3 is 14.6 Å². The summed E-state index contributed by atoms with van der Waals surface area (Å²) >= 11 is 1.23. The molecule has 3 aromatic carbocycles. The zero-order valence-corrected chi connectivity index (χ0v) is 19.7. The Balaban J connectivity index is 1.49. The van der Waals surface area contributed by atoms with Crippen LogP contribution in [0.25, 0.3) is 6.08 Å². The van der Waals surface area contributed by atoms with Crippen molar-refractivity contribution in [3.63, 3.8) is 0 Å². The highest BCUT2D eigenvalue weighted by molar-refractivity contribution is 8.18. The molecule has 1 N–H and O–H groups in total. The van der Waals surface area contributed by atoms with E-state index < -0.39 is 5.97 Å². The van der Waals surface area contributed by atoms with Gasteiger partial charge in [-0.2, -0.15) is 0 Å². The molecular weight excluding hydrogens is 471 g/mol. The van der Waals surface area contributed by atoms with Crippen LogP contribution in [0.4, 0.5) is 10.1 Å². The molecule has 0 radical (unpaired) electrons. The van der Waals surface area contributed by atoms with Crippen molar-refractivity contribution in [1.29, 1.82) is 0 Å². The van der Waals surface area contributed by atoms with E-state index in [-0.39, 0.29) is 23.9 Å². The molecule has 0 aromatic heterocycles. The summed E-state index contributed by atoms with van der Waals surface area (Å²) in [6.45, 7) is 0.235. The molecule has 1 fully saturated rings. The number of carbonyl (C=O) groups excluding carboxylic acids is 1. The lowest BCUT2D eigenvalue weighted by Crippen LogP contribution is -2.23. The summed E-state index contributed by atoms with van der Waals surface area (Å²) in [4.78, 5) is 30.1. The van der Waals surface area contributed by atoms with Gasteiger partial charge in [-0.05, 0) is 77.5 Å². The second-order valence-electron chi connectivity index (χ2n) is 7.55. The predicted octanol–water partition coefficient (Wildman–Crippen LogP) is 5.35.